The van der Waals surface area contributed by atoms with Gasteiger partial charge in [-0.15, -0.1) is 0 Å². The Morgan fingerprint density at radius 1 is 1.29 bits per heavy atom. The predicted octanol–water partition coefficient (Wildman–Crippen LogP) is 4.26. The highest BCUT2D eigenvalue weighted by atomic mass is 19.1. The second kappa shape index (κ2) is 4.28. The van der Waals surface area contributed by atoms with Crippen LogP contribution in [0.2, 0.25) is 0 Å². The maximum atomic E-state index is 13.9. The molecule has 3 heteroatoms. The zero-order valence-electron chi connectivity index (χ0n) is 10.6. The van der Waals surface area contributed by atoms with Gasteiger partial charge >= 0.3 is 0 Å². The number of benzene rings is 1. The van der Waals surface area contributed by atoms with E-state index in [1.165, 1.54) is 12.1 Å². The van der Waals surface area contributed by atoms with Crippen LogP contribution in [0.1, 0.15) is 38.7 Å². The number of nitrogens with one attached hydrogen (secondary N) is 1. The summed E-state index contributed by atoms with van der Waals surface area (Å²) in [7, 11) is 0. The van der Waals surface area contributed by atoms with Crippen molar-refractivity contribution in [1.82, 2.24) is 0 Å². The Kier molecular flexibility index (Phi) is 3.11. The summed E-state index contributed by atoms with van der Waals surface area (Å²) in [5, 5.41) is 3.06. The van der Waals surface area contributed by atoms with E-state index >= 15 is 0 Å². The van der Waals surface area contributed by atoms with E-state index in [9.17, 15) is 8.78 Å². The monoisotopic (exact) mass is 239 g/mol. The van der Waals surface area contributed by atoms with Crippen molar-refractivity contribution in [3.8, 4) is 0 Å². The van der Waals surface area contributed by atoms with Crippen molar-refractivity contribution in [2.45, 2.75) is 46.1 Å². The van der Waals surface area contributed by atoms with Crippen LogP contribution >= 0.6 is 0 Å². The standard InChI is InChI=1S/C14H19F2N/c1-9-6-7-10(15)13(12(9)16)17-11-5-4-8-14(11,2)3/h6-7,11,17H,4-5,8H2,1-3H3. The van der Waals surface area contributed by atoms with Crippen LogP contribution < -0.4 is 5.32 Å². The number of rotatable bonds is 2. The van der Waals surface area contributed by atoms with Crippen LogP contribution in [0, 0.1) is 24.0 Å². The van der Waals surface area contributed by atoms with E-state index in [-0.39, 0.29) is 17.1 Å². The predicted molar refractivity (Wildman–Crippen MR) is 66.1 cm³/mol. The van der Waals surface area contributed by atoms with Gasteiger partial charge in [-0.25, -0.2) is 8.78 Å². The van der Waals surface area contributed by atoms with Gasteiger partial charge in [0, 0.05) is 6.04 Å². The van der Waals surface area contributed by atoms with Gasteiger partial charge in [0.25, 0.3) is 0 Å². The van der Waals surface area contributed by atoms with Crippen LogP contribution in [0.25, 0.3) is 0 Å². The number of aryl methyl sites for hydroxylation is 1. The Labute approximate surface area is 101 Å². The third-order valence-electron chi connectivity index (χ3n) is 3.86. The van der Waals surface area contributed by atoms with Crippen LogP contribution in [0.15, 0.2) is 12.1 Å². The molecule has 0 aliphatic heterocycles. The topological polar surface area (TPSA) is 12.0 Å². The number of anilines is 1. The van der Waals surface area contributed by atoms with Crippen molar-refractivity contribution in [3.63, 3.8) is 0 Å². The third-order valence-corrected chi connectivity index (χ3v) is 3.86. The Balaban J connectivity index is 2.27. The highest BCUT2D eigenvalue weighted by Crippen LogP contribution is 2.39. The van der Waals surface area contributed by atoms with Gasteiger partial charge in [0.05, 0.1) is 0 Å². The molecule has 1 nitrogen and oxygen atoms in total. The molecule has 17 heavy (non-hydrogen) atoms. The summed E-state index contributed by atoms with van der Waals surface area (Å²) in [6.45, 7) is 5.94. The highest BCUT2D eigenvalue weighted by Gasteiger charge is 2.35. The first-order valence-corrected chi connectivity index (χ1v) is 6.13. The van der Waals surface area contributed by atoms with Crippen molar-refractivity contribution in [2.75, 3.05) is 5.32 Å². The van der Waals surface area contributed by atoms with Gasteiger partial charge in [-0.3, -0.25) is 0 Å². The molecule has 0 amide bonds. The summed E-state index contributed by atoms with van der Waals surface area (Å²) < 4.78 is 27.5. The van der Waals surface area contributed by atoms with Crippen molar-refractivity contribution >= 4 is 5.69 Å². The molecule has 0 bridgehead atoms. The summed E-state index contributed by atoms with van der Waals surface area (Å²) in [6, 6.07) is 2.94. The minimum absolute atomic E-state index is 0.0324. The minimum Gasteiger partial charge on any atom is -0.377 e. The van der Waals surface area contributed by atoms with Crippen LogP contribution in [0.5, 0.6) is 0 Å². The van der Waals surface area contributed by atoms with Gasteiger partial charge < -0.3 is 5.32 Å². The van der Waals surface area contributed by atoms with Gasteiger partial charge in [0.15, 0.2) is 5.82 Å². The normalized spacial score (nSPS) is 22.8. The molecular formula is C14H19F2N. The SMILES string of the molecule is Cc1ccc(F)c(NC2CCCC2(C)C)c1F. The quantitative estimate of drug-likeness (QED) is 0.813. The molecule has 1 aliphatic rings. The highest BCUT2D eigenvalue weighted by molar-refractivity contribution is 5.50. The molecule has 1 atom stereocenters. The molecule has 1 N–H and O–H groups in total. The molecule has 0 saturated heterocycles. The summed E-state index contributed by atoms with van der Waals surface area (Å²) in [6.07, 6.45) is 3.18. The summed E-state index contributed by atoms with van der Waals surface area (Å²) in [5.41, 5.74) is 0.609. The van der Waals surface area contributed by atoms with E-state index in [4.69, 9.17) is 0 Å². The molecule has 94 valence electrons. The van der Waals surface area contributed by atoms with Gasteiger partial charge in [-0.2, -0.15) is 0 Å². The first-order chi connectivity index (χ1) is 7.92. The largest absolute Gasteiger partial charge is 0.377 e. The molecule has 1 aromatic rings. The second-order valence-corrected chi connectivity index (χ2v) is 5.63. The van der Waals surface area contributed by atoms with Gasteiger partial charge in [0.2, 0.25) is 0 Å². The zero-order valence-corrected chi connectivity index (χ0v) is 10.6. The molecule has 0 heterocycles. The average Bonchev–Trinajstić information content (AvgIpc) is 2.59. The fourth-order valence-corrected chi connectivity index (χ4v) is 2.56. The van der Waals surface area contributed by atoms with E-state index in [0.29, 0.717) is 5.56 Å². The molecule has 1 unspecified atom stereocenters. The van der Waals surface area contributed by atoms with Gasteiger partial charge in [0.1, 0.15) is 11.5 Å². The maximum absolute atomic E-state index is 13.9. The third kappa shape index (κ3) is 2.28. The van der Waals surface area contributed by atoms with Crippen molar-refractivity contribution in [1.29, 1.82) is 0 Å². The first-order valence-electron chi connectivity index (χ1n) is 6.13. The summed E-state index contributed by atoms with van der Waals surface area (Å²) in [4.78, 5) is 0. The lowest BCUT2D eigenvalue weighted by Gasteiger charge is -2.29. The van der Waals surface area contributed by atoms with E-state index in [1.807, 2.05) is 0 Å². The first kappa shape index (κ1) is 12.3. The second-order valence-electron chi connectivity index (χ2n) is 5.63. The molecule has 0 spiro atoms. The van der Waals surface area contributed by atoms with Gasteiger partial charge in [-0.1, -0.05) is 26.3 Å². The molecular weight excluding hydrogens is 220 g/mol. The molecule has 1 fully saturated rings. The maximum Gasteiger partial charge on any atom is 0.152 e. The van der Waals surface area contributed by atoms with Crippen LogP contribution in [0.3, 0.4) is 0 Å². The van der Waals surface area contributed by atoms with Crippen LogP contribution in [-0.4, -0.2) is 6.04 Å². The van der Waals surface area contributed by atoms with Crippen LogP contribution in [-0.2, 0) is 0 Å². The molecule has 2 rings (SSSR count). The van der Waals surface area contributed by atoms with E-state index < -0.39 is 11.6 Å². The van der Waals surface area contributed by atoms with Crippen molar-refractivity contribution in [2.24, 2.45) is 5.41 Å². The van der Waals surface area contributed by atoms with E-state index in [1.54, 1.807) is 6.92 Å². The lowest BCUT2D eigenvalue weighted by atomic mass is 9.87. The number of hydrogen-bond donors (Lipinski definition) is 1. The zero-order chi connectivity index (χ0) is 12.6. The Morgan fingerprint density at radius 2 is 2.00 bits per heavy atom. The number of halogens is 2. The smallest absolute Gasteiger partial charge is 0.152 e. The molecule has 0 radical (unpaired) electrons. The Hall–Kier alpha value is -1.12. The van der Waals surface area contributed by atoms with E-state index in [0.717, 1.165) is 19.3 Å². The summed E-state index contributed by atoms with van der Waals surface area (Å²) >= 11 is 0. The lowest BCUT2D eigenvalue weighted by Crippen LogP contribution is -2.31. The molecule has 1 aliphatic carbocycles. The fraction of sp³-hybridized carbons (Fsp3) is 0.571. The Morgan fingerprint density at radius 3 is 2.59 bits per heavy atom. The number of hydrogen-bond acceptors (Lipinski definition) is 1. The molecule has 1 aromatic carbocycles. The lowest BCUT2D eigenvalue weighted by molar-refractivity contribution is 0.348. The fourth-order valence-electron chi connectivity index (χ4n) is 2.56. The Bertz CT molecular complexity index is 426. The van der Waals surface area contributed by atoms with Gasteiger partial charge in [-0.05, 0) is 36.8 Å². The van der Waals surface area contributed by atoms with Crippen LogP contribution in [0.4, 0.5) is 14.5 Å². The molecule has 1 saturated carbocycles. The molecule has 0 aromatic heterocycles. The average molecular weight is 239 g/mol. The van der Waals surface area contributed by atoms with Crippen molar-refractivity contribution < 1.29 is 8.78 Å². The van der Waals surface area contributed by atoms with E-state index in [2.05, 4.69) is 19.2 Å². The summed E-state index contributed by atoms with van der Waals surface area (Å²) in [5.74, 6) is -0.969. The minimum atomic E-state index is -0.504. The van der Waals surface area contributed by atoms with Crippen molar-refractivity contribution in [3.05, 3.63) is 29.3 Å².